The van der Waals surface area contributed by atoms with Crippen LogP contribution in [0.3, 0.4) is 0 Å². The molecular weight excluding hydrogens is 340 g/mol. The predicted molar refractivity (Wildman–Crippen MR) is 109 cm³/mol. The number of guanidine groups is 1. The molecule has 1 aromatic carbocycles. The normalized spacial score (nSPS) is 28.4. The molecule has 148 valence electrons. The summed E-state index contributed by atoms with van der Waals surface area (Å²) in [5.74, 6) is 2.62. The molecule has 3 heterocycles. The first-order valence-electron chi connectivity index (χ1n) is 10.1. The summed E-state index contributed by atoms with van der Waals surface area (Å²) < 4.78 is 11.0. The Morgan fingerprint density at radius 1 is 1.37 bits per heavy atom. The molecule has 6 nitrogen and oxygen atoms in total. The van der Waals surface area contributed by atoms with Crippen LogP contribution in [0.4, 0.5) is 5.69 Å². The van der Waals surface area contributed by atoms with Crippen molar-refractivity contribution in [2.75, 3.05) is 65.0 Å². The van der Waals surface area contributed by atoms with E-state index in [-0.39, 0.29) is 0 Å². The molecule has 0 radical (unpaired) electrons. The summed E-state index contributed by atoms with van der Waals surface area (Å²) in [6, 6.07) is 8.37. The fraction of sp³-hybridized carbons (Fsp3) is 0.667. The highest BCUT2D eigenvalue weighted by molar-refractivity contribution is 5.80. The zero-order valence-corrected chi connectivity index (χ0v) is 16.6. The van der Waals surface area contributed by atoms with Crippen LogP contribution >= 0.6 is 0 Å². The van der Waals surface area contributed by atoms with Gasteiger partial charge in [0.15, 0.2) is 5.96 Å². The maximum atomic E-state index is 5.65. The lowest BCUT2D eigenvalue weighted by molar-refractivity contribution is 0.156. The summed E-state index contributed by atoms with van der Waals surface area (Å²) in [6.07, 6.45) is 3.62. The molecule has 0 saturated carbocycles. The lowest BCUT2D eigenvalue weighted by atomic mass is 9.87. The van der Waals surface area contributed by atoms with Crippen molar-refractivity contribution in [3.8, 4) is 5.75 Å². The Labute approximate surface area is 162 Å². The summed E-state index contributed by atoms with van der Waals surface area (Å²) in [5.41, 5.74) is 1.62. The number of nitrogens with one attached hydrogen (secondary N) is 1. The fourth-order valence-electron chi connectivity index (χ4n) is 4.70. The Morgan fingerprint density at radius 2 is 2.30 bits per heavy atom. The summed E-state index contributed by atoms with van der Waals surface area (Å²) in [6.45, 7) is 7.15. The van der Waals surface area contributed by atoms with Crippen LogP contribution in [0.5, 0.6) is 5.75 Å². The topological polar surface area (TPSA) is 49.3 Å². The zero-order valence-electron chi connectivity index (χ0n) is 16.6. The molecular formula is C21H32N4O2. The molecule has 1 spiro atoms. The fourth-order valence-corrected chi connectivity index (χ4v) is 4.70. The van der Waals surface area contributed by atoms with Crippen molar-refractivity contribution in [2.45, 2.75) is 19.3 Å². The Hall–Kier alpha value is -1.95. The van der Waals surface area contributed by atoms with E-state index in [1.165, 1.54) is 24.9 Å². The van der Waals surface area contributed by atoms with E-state index in [4.69, 9.17) is 9.47 Å². The third kappa shape index (κ3) is 4.00. The van der Waals surface area contributed by atoms with Gasteiger partial charge in [-0.2, -0.15) is 0 Å². The largest absolute Gasteiger partial charge is 0.497 e. The molecule has 3 aliphatic rings. The number of rotatable bonds is 4. The van der Waals surface area contributed by atoms with Crippen molar-refractivity contribution in [1.82, 2.24) is 10.2 Å². The van der Waals surface area contributed by atoms with Crippen LogP contribution in [0.2, 0.25) is 0 Å². The van der Waals surface area contributed by atoms with Crippen molar-refractivity contribution >= 4 is 11.6 Å². The van der Waals surface area contributed by atoms with E-state index in [0.29, 0.717) is 11.3 Å². The monoisotopic (exact) mass is 372 g/mol. The van der Waals surface area contributed by atoms with Crippen LogP contribution in [-0.2, 0) is 4.74 Å². The van der Waals surface area contributed by atoms with Crippen LogP contribution in [-0.4, -0.2) is 71.0 Å². The van der Waals surface area contributed by atoms with Crippen molar-refractivity contribution < 1.29 is 9.47 Å². The molecule has 6 heteroatoms. The molecule has 0 amide bonds. The predicted octanol–water partition coefficient (Wildman–Crippen LogP) is 2.21. The van der Waals surface area contributed by atoms with E-state index < -0.39 is 0 Å². The van der Waals surface area contributed by atoms with Gasteiger partial charge in [0.2, 0.25) is 0 Å². The van der Waals surface area contributed by atoms with Crippen LogP contribution in [0, 0.1) is 11.3 Å². The molecule has 2 atom stereocenters. The average molecular weight is 373 g/mol. The summed E-state index contributed by atoms with van der Waals surface area (Å²) in [5, 5.41) is 3.64. The highest BCUT2D eigenvalue weighted by Crippen LogP contribution is 2.38. The number of benzene rings is 1. The SMILES string of the molecule is CN=C(NCC1CCN(c2cccc(OC)c2)C1)N1CCC2(CCOC2)C1. The number of hydrogen-bond acceptors (Lipinski definition) is 4. The number of likely N-dealkylation sites (tertiary alicyclic amines) is 1. The molecule has 1 N–H and O–H groups in total. The Kier molecular flexibility index (Phi) is 5.43. The van der Waals surface area contributed by atoms with Crippen molar-refractivity contribution in [2.24, 2.45) is 16.3 Å². The highest BCUT2D eigenvalue weighted by atomic mass is 16.5. The molecule has 27 heavy (non-hydrogen) atoms. The number of aliphatic imine (C=N–C) groups is 1. The first-order valence-corrected chi connectivity index (χ1v) is 10.1. The Bertz CT molecular complexity index is 672. The van der Waals surface area contributed by atoms with Gasteiger partial charge in [-0.15, -0.1) is 0 Å². The van der Waals surface area contributed by atoms with E-state index >= 15 is 0 Å². The number of methoxy groups -OCH3 is 1. The van der Waals surface area contributed by atoms with Gasteiger partial charge in [0.1, 0.15) is 5.75 Å². The third-order valence-electron chi connectivity index (χ3n) is 6.39. The molecule has 1 aromatic rings. The Morgan fingerprint density at radius 3 is 3.07 bits per heavy atom. The van der Waals surface area contributed by atoms with Gasteiger partial charge < -0.3 is 24.6 Å². The van der Waals surface area contributed by atoms with Crippen molar-refractivity contribution in [3.63, 3.8) is 0 Å². The van der Waals surface area contributed by atoms with Gasteiger partial charge in [0.25, 0.3) is 0 Å². The zero-order chi connectivity index (χ0) is 18.7. The molecule has 3 fully saturated rings. The second-order valence-corrected chi connectivity index (χ2v) is 8.20. The minimum absolute atomic E-state index is 0.369. The van der Waals surface area contributed by atoms with Crippen LogP contribution < -0.4 is 15.0 Å². The maximum absolute atomic E-state index is 5.65. The second-order valence-electron chi connectivity index (χ2n) is 8.20. The van der Waals surface area contributed by atoms with Gasteiger partial charge >= 0.3 is 0 Å². The van der Waals surface area contributed by atoms with Crippen LogP contribution in [0.25, 0.3) is 0 Å². The quantitative estimate of drug-likeness (QED) is 0.649. The van der Waals surface area contributed by atoms with Crippen molar-refractivity contribution in [3.05, 3.63) is 24.3 Å². The van der Waals surface area contributed by atoms with Gasteiger partial charge in [-0.25, -0.2) is 0 Å². The van der Waals surface area contributed by atoms with Gasteiger partial charge in [0.05, 0.1) is 13.7 Å². The summed E-state index contributed by atoms with van der Waals surface area (Å²) in [4.78, 5) is 9.42. The van der Waals surface area contributed by atoms with E-state index in [1.54, 1.807) is 7.11 Å². The van der Waals surface area contributed by atoms with E-state index in [2.05, 4.69) is 38.3 Å². The van der Waals surface area contributed by atoms with Crippen LogP contribution in [0.15, 0.2) is 29.3 Å². The first-order chi connectivity index (χ1) is 13.2. The van der Waals surface area contributed by atoms with E-state index in [9.17, 15) is 0 Å². The lowest BCUT2D eigenvalue weighted by Crippen LogP contribution is -2.43. The molecule has 0 aliphatic carbocycles. The lowest BCUT2D eigenvalue weighted by Gasteiger charge is -2.26. The highest BCUT2D eigenvalue weighted by Gasteiger charge is 2.42. The molecule has 3 aliphatic heterocycles. The Balaban J connectivity index is 1.28. The first kappa shape index (κ1) is 18.4. The summed E-state index contributed by atoms with van der Waals surface area (Å²) >= 11 is 0. The molecule has 0 bridgehead atoms. The second kappa shape index (κ2) is 7.97. The maximum Gasteiger partial charge on any atom is 0.193 e. The number of hydrogen-bond donors (Lipinski definition) is 1. The standard InChI is InChI=1S/C21H32N4O2/c1-22-20(25-10-7-21(15-25)8-11-27-16-21)23-13-17-6-9-24(14-17)18-4-3-5-19(12-18)26-2/h3-5,12,17H,6-11,13-16H2,1-2H3,(H,22,23). The minimum Gasteiger partial charge on any atom is -0.497 e. The number of anilines is 1. The summed E-state index contributed by atoms with van der Waals surface area (Å²) in [7, 11) is 3.62. The van der Waals surface area contributed by atoms with Gasteiger partial charge in [0, 0.05) is 63.5 Å². The molecule has 3 saturated heterocycles. The molecule has 2 unspecified atom stereocenters. The van der Waals surface area contributed by atoms with Gasteiger partial charge in [-0.1, -0.05) is 6.07 Å². The third-order valence-corrected chi connectivity index (χ3v) is 6.39. The average Bonchev–Trinajstić information content (AvgIpc) is 3.45. The van der Waals surface area contributed by atoms with Crippen molar-refractivity contribution in [1.29, 1.82) is 0 Å². The molecule has 0 aromatic heterocycles. The number of nitrogens with zero attached hydrogens (tertiary/aromatic N) is 3. The van der Waals surface area contributed by atoms with Gasteiger partial charge in [-0.05, 0) is 37.3 Å². The molecule has 4 rings (SSSR count). The van der Waals surface area contributed by atoms with E-state index in [0.717, 1.165) is 57.6 Å². The number of ether oxygens (including phenoxy) is 2. The van der Waals surface area contributed by atoms with E-state index in [1.807, 2.05) is 13.1 Å². The van der Waals surface area contributed by atoms with Crippen LogP contribution in [0.1, 0.15) is 19.3 Å². The minimum atomic E-state index is 0.369. The van der Waals surface area contributed by atoms with Gasteiger partial charge in [-0.3, -0.25) is 4.99 Å². The smallest absolute Gasteiger partial charge is 0.193 e.